The van der Waals surface area contributed by atoms with Gasteiger partial charge in [-0.1, -0.05) is 39.8 Å². The van der Waals surface area contributed by atoms with E-state index in [9.17, 15) is 15.3 Å². The highest BCUT2D eigenvalue weighted by Crippen LogP contribution is 2.36. The Hall–Kier alpha value is -2.55. The maximum absolute atomic E-state index is 11.0. The molecule has 0 aliphatic rings. The van der Waals surface area contributed by atoms with Crippen molar-refractivity contribution < 1.29 is 4.79 Å². The molecule has 0 atom stereocenters. The summed E-state index contributed by atoms with van der Waals surface area (Å²) < 4.78 is 0.796. The van der Waals surface area contributed by atoms with Crippen LogP contribution in [0, 0.1) is 22.7 Å². The molecule has 0 aliphatic heterocycles. The third kappa shape index (κ3) is 3.62. The fourth-order valence-corrected chi connectivity index (χ4v) is 3.11. The quantitative estimate of drug-likeness (QED) is 0.774. The minimum absolute atomic E-state index is 0.00782. The van der Waals surface area contributed by atoms with Crippen molar-refractivity contribution in [2.24, 2.45) is 5.73 Å². The van der Waals surface area contributed by atoms with Crippen molar-refractivity contribution in [3.05, 3.63) is 39.9 Å². The van der Waals surface area contributed by atoms with Gasteiger partial charge in [0.25, 0.3) is 0 Å². The summed E-state index contributed by atoms with van der Waals surface area (Å²) in [5.41, 5.74) is 12.4. The number of thioether (sulfide) groups is 1. The first-order valence-corrected chi connectivity index (χ1v) is 8.06. The van der Waals surface area contributed by atoms with Gasteiger partial charge in [0.2, 0.25) is 5.91 Å². The Labute approximate surface area is 145 Å². The second-order valence-corrected chi connectivity index (χ2v) is 6.30. The van der Waals surface area contributed by atoms with Gasteiger partial charge in [-0.15, -0.1) is 0 Å². The third-order valence-electron chi connectivity index (χ3n) is 2.88. The number of carbonyl (C=O) groups is 1. The van der Waals surface area contributed by atoms with Crippen molar-refractivity contribution in [2.45, 2.75) is 5.03 Å². The number of nitrogens with two attached hydrogens (primary N) is 2. The Bertz CT molecular complexity index is 869. The van der Waals surface area contributed by atoms with E-state index < -0.39 is 5.91 Å². The van der Waals surface area contributed by atoms with Crippen molar-refractivity contribution in [1.29, 1.82) is 10.5 Å². The average Bonchev–Trinajstić information content (AvgIpc) is 2.52. The molecule has 0 radical (unpaired) electrons. The number of pyridine rings is 1. The molecular weight excluding hydrogens is 378 g/mol. The van der Waals surface area contributed by atoms with Crippen LogP contribution < -0.4 is 11.5 Å². The molecule has 2 aromatic rings. The highest BCUT2D eigenvalue weighted by atomic mass is 79.9. The lowest BCUT2D eigenvalue weighted by molar-refractivity contribution is -0.115. The number of amides is 1. The molecule has 1 aromatic heterocycles. The van der Waals surface area contributed by atoms with Crippen LogP contribution in [0.15, 0.2) is 33.8 Å². The predicted molar refractivity (Wildman–Crippen MR) is 91.1 cm³/mol. The molecule has 2 rings (SSSR count). The highest BCUT2D eigenvalue weighted by Gasteiger charge is 2.20. The Morgan fingerprint density at radius 2 is 2.00 bits per heavy atom. The average molecular weight is 388 g/mol. The molecule has 8 heteroatoms. The van der Waals surface area contributed by atoms with Gasteiger partial charge in [-0.2, -0.15) is 10.5 Å². The largest absolute Gasteiger partial charge is 0.383 e. The Kier molecular flexibility index (Phi) is 5.22. The lowest BCUT2D eigenvalue weighted by Crippen LogP contribution is -2.14. The van der Waals surface area contributed by atoms with E-state index in [-0.39, 0.29) is 27.7 Å². The van der Waals surface area contributed by atoms with Crippen LogP contribution in [0.1, 0.15) is 11.1 Å². The summed E-state index contributed by atoms with van der Waals surface area (Å²) in [5.74, 6) is -0.564. The molecule has 0 fully saturated rings. The zero-order chi connectivity index (χ0) is 17.0. The second-order valence-electron chi connectivity index (χ2n) is 4.42. The van der Waals surface area contributed by atoms with Crippen LogP contribution in [0.2, 0.25) is 0 Å². The lowest BCUT2D eigenvalue weighted by atomic mass is 9.97. The van der Waals surface area contributed by atoms with Crippen molar-refractivity contribution in [3.63, 3.8) is 0 Å². The highest BCUT2D eigenvalue weighted by molar-refractivity contribution is 9.10. The number of nitrogen functional groups attached to an aromatic ring is 1. The van der Waals surface area contributed by atoms with E-state index in [1.54, 1.807) is 18.2 Å². The van der Waals surface area contributed by atoms with Gasteiger partial charge in [-0.25, -0.2) is 4.98 Å². The zero-order valence-electron chi connectivity index (χ0n) is 11.7. The SMILES string of the molecule is N#Cc1c(N)nc(SCC(N)=O)c(C#N)c1-c1cccc(Br)c1. The number of benzene rings is 1. The van der Waals surface area contributed by atoms with Gasteiger partial charge in [-0.3, -0.25) is 4.79 Å². The number of carbonyl (C=O) groups excluding carboxylic acids is 1. The Morgan fingerprint density at radius 1 is 1.30 bits per heavy atom. The number of nitrogens with zero attached hydrogens (tertiary/aromatic N) is 3. The number of aromatic nitrogens is 1. The van der Waals surface area contributed by atoms with Crippen molar-refractivity contribution in [1.82, 2.24) is 4.98 Å². The number of rotatable bonds is 4. The molecule has 0 aliphatic carbocycles. The number of primary amides is 1. The fourth-order valence-electron chi connectivity index (χ4n) is 1.97. The van der Waals surface area contributed by atoms with Gasteiger partial charge in [-0.05, 0) is 17.7 Å². The van der Waals surface area contributed by atoms with Crippen LogP contribution in [-0.4, -0.2) is 16.6 Å². The monoisotopic (exact) mass is 387 g/mol. The van der Waals surface area contributed by atoms with E-state index in [2.05, 4.69) is 27.0 Å². The molecule has 0 bridgehead atoms. The fraction of sp³-hybridized carbons (Fsp3) is 0.0667. The predicted octanol–water partition coefficient (Wildman–Crippen LogP) is 2.41. The molecule has 0 saturated carbocycles. The normalized spacial score (nSPS) is 9.87. The summed E-state index contributed by atoms with van der Waals surface area (Å²) in [5, 5.41) is 19.2. The van der Waals surface area contributed by atoms with Crippen LogP contribution in [0.25, 0.3) is 11.1 Å². The smallest absolute Gasteiger partial charge is 0.227 e. The maximum atomic E-state index is 11.0. The van der Waals surface area contributed by atoms with E-state index in [4.69, 9.17) is 11.5 Å². The van der Waals surface area contributed by atoms with Crippen LogP contribution in [0.3, 0.4) is 0 Å². The molecule has 23 heavy (non-hydrogen) atoms. The molecule has 1 heterocycles. The Morgan fingerprint density at radius 3 is 2.57 bits per heavy atom. The standard InChI is InChI=1S/C15H10BrN5OS/c16-9-3-1-2-8(4-9)13-10(5-17)14(20)21-15(11(13)6-18)23-7-12(19)22/h1-4H,7H2,(H2,19,22)(H2,20,21). The topological polar surface area (TPSA) is 130 Å². The van der Waals surface area contributed by atoms with E-state index in [1.807, 2.05) is 12.1 Å². The molecular formula is C15H10BrN5OS. The van der Waals surface area contributed by atoms with Crippen molar-refractivity contribution in [2.75, 3.05) is 11.5 Å². The summed E-state index contributed by atoms with van der Waals surface area (Å²) in [6.07, 6.45) is 0. The Balaban J connectivity index is 2.74. The van der Waals surface area contributed by atoms with Gasteiger partial charge in [0.15, 0.2) is 0 Å². The summed E-state index contributed by atoms with van der Waals surface area (Å²) >= 11 is 4.38. The van der Waals surface area contributed by atoms with Crippen LogP contribution >= 0.6 is 27.7 Å². The summed E-state index contributed by atoms with van der Waals surface area (Å²) in [6, 6.07) is 11.2. The van der Waals surface area contributed by atoms with E-state index in [0.29, 0.717) is 11.1 Å². The molecule has 1 aromatic carbocycles. The first-order chi connectivity index (χ1) is 11.0. The van der Waals surface area contributed by atoms with Gasteiger partial charge in [0, 0.05) is 10.0 Å². The van der Waals surface area contributed by atoms with Crippen molar-refractivity contribution in [3.8, 4) is 23.3 Å². The third-order valence-corrected chi connectivity index (χ3v) is 4.37. The summed E-state index contributed by atoms with van der Waals surface area (Å²) in [7, 11) is 0. The van der Waals surface area contributed by atoms with Gasteiger partial charge >= 0.3 is 0 Å². The molecule has 0 spiro atoms. The van der Waals surface area contributed by atoms with E-state index in [1.165, 1.54) is 0 Å². The lowest BCUT2D eigenvalue weighted by Gasteiger charge is -2.12. The number of nitriles is 2. The molecule has 6 nitrogen and oxygen atoms in total. The summed E-state index contributed by atoms with van der Waals surface area (Å²) in [6.45, 7) is 0. The van der Waals surface area contributed by atoms with E-state index in [0.717, 1.165) is 16.2 Å². The number of hydrogen-bond acceptors (Lipinski definition) is 6. The van der Waals surface area contributed by atoms with Crippen LogP contribution in [0.5, 0.6) is 0 Å². The first kappa shape index (κ1) is 16.8. The van der Waals surface area contributed by atoms with Crippen LogP contribution in [0.4, 0.5) is 5.82 Å². The minimum Gasteiger partial charge on any atom is -0.383 e. The van der Waals surface area contributed by atoms with Gasteiger partial charge < -0.3 is 11.5 Å². The molecule has 0 saturated heterocycles. The minimum atomic E-state index is -0.535. The van der Waals surface area contributed by atoms with Gasteiger partial charge in [0.05, 0.1) is 11.3 Å². The summed E-state index contributed by atoms with van der Waals surface area (Å²) in [4.78, 5) is 15.1. The van der Waals surface area contributed by atoms with Gasteiger partial charge in [0.1, 0.15) is 28.5 Å². The van der Waals surface area contributed by atoms with E-state index >= 15 is 0 Å². The number of halogens is 1. The molecule has 114 valence electrons. The van der Waals surface area contributed by atoms with Crippen LogP contribution in [-0.2, 0) is 4.79 Å². The zero-order valence-corrected chi connectivity index (χ0v) is 14.1. The molecule has 4 N–H and O–H groups in total. The number of hydrogen-bond donors (Lipinski definition) is 2. The molecule has 0 unspecified atom stereocenters. The molecule has 1 amide bonds. The number of anilines is 1. The first-order valence-electron chi connectivity index (χ1n) is 6.28. The van der Waals surface area contributed by atoms with Crippen molar-refractivity contribution >= 4 is 39.4 Å². The second kappa shape index (κ2) is 7.14. The maximum Gasteiger partial charge on any atom is 0.227 e.